The van der Waals surface area contributed by atoms with Crippen LogP contribution in [0.15, 0.2) is 48.5 Å². The van der Waals surface area contributed by atoms with Gasteiger partial charge in [0, 0.05) is 40.3 Å². The fraction of sp³-hybridized carbons (Fsp3) is 0.346. The van der Waals surface area contributed by atoms with E-state index >= 15 is 4.39 Å². The van der Waals surface area contributed by atoms with Crippen molar-refractivity contribution in [2.24, 2.45) is 5.92 Å². The lowest BCUT2D eigenvalue weighted by Gasteiger charge is -2.48. The largest absolute Gasteiger partial charge is 0.478 e. The molecule has 2 heterocycles. The summed E-state index contributed by atoms with van der Waals surface area (Å²) in [5.41, 5.74) is 3.74. The van der Waals surface area contributed by atoms with Crippen LogP contribution in [0.4, 0.5) is 8.78 Å². The van der Waals surface area contributed by atoms with Crippen molar-refractivity contribution in [3.05, 3.63) is 76.7 Å². The Labute approximate surface area is 186 Å². The predicted octanol–water partition coefficient (Wildman–Crippen LogP) is 5.74. The number of nitrogens with zero attached hydrogens (tertiary/aromatic N) is 1. The van der Waals surface area contributed by atoms with Crippen LogP contribution in [0.25, 0.3) is 17.0 Å². The van der Waals surface area contributed by atoms with Crippen molar-refractivity contribution in [3.63, 3.8) is 0 Å². The van der Waals surface area contributed by atoms with E-state index in [1.54, 1.807) is 12.1 Å². The normalized spacial score (nSPS) is 19.3. The van der Waals surface area contributed by atoms with Gasteiger partial charge >= 0.3 is 5.97 Å². The maximum absolute atomic E-state index is 15.5. The Morgan fingerprint density at radius 3 is 2.75 bits per heavy atom. The van der Waals surface area contributed by atoms with Crippen molar-refractivity contribution in [1.82, 2.24) is 9.88 Å². The first kappa shape index (κ1) is 22.2. The van der Waals surface area contributed by atoms with Gasteiger partial charge in [-0.3, -0.25) is 9.29 Å². The zero-order chi connectivity index (χ0) is 23.0. The van der Waals surface area contributed by atoms with Crippen molar-refractivity contribution in [2.45, 2.75) is 38.8 Å². The summed E-state index contributed by atoms with van der Waals surface area (Å²) in [5, 5.41) is 9.98. The third-order valence-electron chi connectivity index (χ3n) is 6.33. The van der Waals surface area contributed by atoms with E-state index in [2.05, 4.69) is 29.8 Å². The fourth-order valence-electron chi connectivity index (χ4n) is 4.78. The highest BCUT2D eigenvalue weighted by molar-refractivity contribution is 5.86. The number of alkyl halides is 1. The number of para-hydroxylation sites is 1. The lowest BCUT2D eigenvalue weighted by Crippen LogP contribution is -2.53. The number of aromatic nitrogens is 1. The molecule has 0 spiro atoms. The van der Waals surface area contributed by atoms with Crippen LogP contribution in [0, 0.1) is 11.7 Å². The molecule has 4 nitrogen and oxygen atoms in total. The van der Waals surface area contributed by atoms with Gasteiger partial charge in [-0.25, -0.2) is 9.18 Å². The number of hydrogen-bond acceptors (Lipinski definition) is 2. The van der Waals surface area contributed by atoms with Crippen LogP contribution in [0.5, 0.6) is 0 Å². The molecule has 32 heavy (non-hydrogen) atoms. The molecule has 0 aliphatic carbocycles. The van der Waals surface area contributed by atoms with E-state index in [-0.39, 0.29) is 11.5 Å². The number of aromatic amines is 1. The molecule has 0 fully saturated rings. The monoisotopic (exact) mass is 438 g/mol. The van der Waals surface area contributed by atoms with E-state index in [4.69, 9.17) is 5.11 Å². The van der Waals surface area contributed by atoms with E-state index < -0.39 is 24.5 Å². The van der Waals surface area contributed by atoms with Crippen LogP contribution in [0.3, 0.4) is 0 Å². The topological polar surface area (TPSA) is 56.3 Å². The first-order valence-corrected chi connectivity index (χ1v) is 10.8. The number of halogens is 2. The van der Waals surface area contributed by atoms with Gasteiger partial charge in [-0.05, 0) is 55.5 Å². The lowest BCUT2D eigenvalue weighted by atomic mass is 9.80. The van der Waals surface area contributed by atoms with Gasteiger partial charge in [0.25, 0.3) is 0 Å². The van der Waals surface area contributed by atoms with Gasteiger partial charge < -0.3 is 10.1 Å². The number of carboxylic acids is 1. The molecule has 2 aromatic carbocycles. The summed E-state index contributed by atoms with van der Waals surface area (Å²) >= 11 is 0. The SMILES string of the molecule is C[C@H](CF)CN1[C@H](c2ccc(/C=C/C(=O)O)cc2F)c2[nH]c3ccccc3c2CC1(C)C. The van der Waals surface area contributed by atoms with E-state index in [9.17, 15) is 9.18 Å². The summed E-state index contributed by atoms with van der Waals surface area (Å²) < 4.78 is 29.0. The quantitative estimate of drug-likeness (QED) is 0.483. The van der Waals surface area contributed by atoms with Crippen molar-refractivity contribution in [2.75, 3.05) is 13.2 Å². The zero-order valence-corrected chi connectivity index (χ0v) is 18.5. The number of fused-ring (bicyclic) bond motifs is 3. The fourth-order valence-corrected chi connectivity index (χ4v) is 4.78. The van der Waals surface area contributed by atoms with E-state index in [0.29, 0.717) is 17.7 Å². The van der Waals surface area contributed by atoms with Gasteiger partial charge in [-0.2, -0.15) is 0 Å². The summed E-state index contributed by atoms with van der Waals surface area (Å²) in [6.07, 6.45) is 3.13. The van der Waals surface area contributed by atoms with Gasteiger partial charge in [0.2, 0.25) is 0 Å². The second kappa shape index (κ2) is 8.51. The Kier molecular flexibility index (Phi) is 5.91. The molecule has 0 radical (unpaired) electrons. The van der Waals surface area contributed by atoms with Gasteiger partial charge in [-0.1, -0.05) is 37.3 Å². The molecule has 168 valence electrons. The van der Waals surface area contributed by atoms with Crippen molar-refractivity contribution in [1.29, 1.82) is 0 Å². The van der Waals surface area contributed by atoms with E-state index in [0.717, 1.165) is 34.7 Å². The van der Waals surface area contributed by atoms with Crippen LogP contribution < -0.4 is 0 Å². The highest BCUT2D eigenvalue weighted by Gasteiger charge is 2.43. The minimum Gasteiger partial charge on any atom is -0.478 e. The molecule has 3 aromatic rings. The minimum atomic E-state index is -1.09. The van der Waals surface area contributed by atoms with Crippen molar-refractivity contribution >= 4 is 22.9 Å². The minimum absolute atomic E-state index is 0.191. The molecular weight excluding hydrogens is 410 g/mol. The van der Waals surface area contributed by atoms with E-state index in [1.165, 1.54) is 12.1 Å². The first-order chi connectivity index (χ1) is 15.2. The summed E-state index contributed by atoms with van der Waals surface area (Å²) in [6.45, 7) is 6.16. The molecule has 1 aliphatic rings. The Bertz CT molecular complexity index is 1180. The third-order valence-corrected chi connectivity index (χ3v) is 6.33. The van der Waals surface area contributed by atoms with E-state index in [1.807, 2.05) is 25.1 Å². The third kappa shape index (κ3) is 4.07. The zero-order valence-electron chi connectivity index (χ0n) is 18.5. The number of carbonyl (C=O) groups is 1. The molecule has 0 saturated heterocycles. The molecule has 2 atom stereocenters. The van der Waals surface area contributed by atoms with Crippen LogP contribution in [0.1, 0.15) is 49.2 Å². The first-order valence-electron chi connectivity index (χ1n) is 10.8. The molecule has 1 aliphatic heterocycles. The summed E-state index contributed by atoms with van der Waals surface area (Å²) in [6, 6.07) is 12.4. The molecule has 2 N–H and O–H groups in total. The van der Waals surface area contributed by atoms with Crippen LogP contribution >= 0.6 is 0 Å². The Morgan fingerprint density at radius 2 is 2.06 bits per heavy atom. The standard InChI is InChI=1S/C26H28F2N2O2/c1-16(14-27)15-30-25(19-10-8-17(12-21(19)28)9-11-23(31)32)24-20(13-26(30,2)3)18-6-4-5-7-22(18)29-24/h4-12,16,25,29H,13-15H2,1-3H3,(H,31,32)/b11-9+/t16-,25-/m1/s1. The molecule has 0 saturated carbocycles. The number of carboxylic acid groups (broad SMARTS) is 1. The average Bonchev–Trinajstić information content (AvgIpc) is 3.10. The lowest BCUT2D eigenvalue weighted by molar-refractivity contribution is -0.131. The molecule has 1 aromatic heterocycles. The number of rotatable bonds is 6. The second-order valence-corrected chi connectivity index (χ2v) is 9.32. The Balaban J connectivity index is 1.89. The number of H-pyrrole nitrogens is 1. The van der Waals surface area contributed by atoms with Crippen LogP contribution in [-0.2, 0) is 11.2 Å². The molecule has 6 heteroatoms. The van der Waals surface area contributed by atoms with Gasteiger partial charge in [0.05, 0.1) is 12.7 Å². The highest BCUT2D eigenvalue weighted by Crippen LogP contribution is 2.45. The molecular formula is C26H28F2N2O2. The molecule has 0 bridgehead atoms. The van der Waals surface area contributed by atoms with Gasteiger partial charge in [-0.15, -0.1) is 0 Å². The van der Waals surface area contributed by atoms with Crippen molar-refractivity contribution in [3.8, 4) is 0 Å². The summed E-state index contributed by atoms with van der Waals surface area (Å²) in [4.78, 5) is 16.5. The molecule has 0 unspecified atom stereocenters. The molecule has 0 amide bonds. The number of hydrogen-bond donors (Lipinski definition) is 2. The summed E-state index contributed by atoms with van der Waals surface area (Å²) in [5.74, 6) is -1.69. The van der Waals surface area contributed by atoms with Crippen LogP contribution in [0.2, 0.25) is 0 Å². The highest BCUT2D eigenvalue weighted by atomic mass is 19.1. The number of benzene rings is 2. The average molecular weight is 439 g/mol. The van der Waals surface area contributed by atoms with Gasteiger partial charge in [0.1, 0.15) is 5.82 Å². The number of nitrogens with one attached hydrogen (secondary N) is 1. The summed E-state index contributed by atoms with van der Waals surface area (Å²) in [7, 11) is 0. The predicted molar refractivity (Wildman–Crippen MR) is 123 cm³/mol. The van der Waals surface area contributed by atoms with Gasteiger partial charge in [0.15, 0.2) is 0 Å². The number of aliphatic carboxylic acids is 1. The second-order valence-electron chi connectivity index (χ2n) is 9.32. The molecule has 4 rings (SSSR count). The maximum Gasteiger partial charge on any atom is 0.328 e. The van der Waals surface area contributed by atoms with Crippen LogP contribution in [-0.4, -0.2) is 39.7 Å². The smallest absolute Gasteiger partial charge is 0.328 e. The maximum atomic E-state index is 15.5. The Morgan fingerprint density at radius 1 is 1.31 bits per heavy atom. The van der Waals surface area contributed by atoms with Crippen molar-refractivity contribution < 1.29 is 18.7 Å². The Hall–Kier alpha value is -2.99.